The van der Waals surface area contributed by atoms with Crippen molar-refractivity contribution >= 4 is 34.8 Å². The fourth-order valence-electron chi connectivity index (χ4n) is 7.59. The number of rotatable bonds is 11. The van der Waals surface area contributed by atoms with Crippen LogP contribution in [0.25, 0.3) is 44.8 Å². The van der Waals surface area contributed by atoms with Crippen molar-refractivity contribution in [3.8, 4) is 33.8 Å². The van der Waals surface area contributed by atoms with Crippen molar-refractivity contribution in [1.29, 1.82) is 0 Å². The van der Waals surface area contributed by atoms with Crippen LogP contribution >= 0.6 is 0 Å². The first kappa shape index (κ1) is 37.2. The molecule has 55 heavy (non-hydrogen) atoms. The first-order chi connectivity index (χ1) is 26.5. The summed E-state index contributed by atoms with van der Waals surface area (Å²) >= 11 is 0. The predicted octanol–water partition coefficient (Wildman–Crippen LogP) is 5.44. The van der Waals surface area contributed by atoms with E-state index in [0.29, 0.717) is 31.2 Å². The number of hydrogen-bond donors (Lipinski definition) is 4. The molecule has 7 rings (SSSR count). The molecule has 0 spiro atoms. The number of hydrogen-bond acceptors (Lipinski definition) is 9. The molecule has 5 atom stereocenters. The van der Waals surface area contributed by atoms with Gasteiger partial charge < -0.3 is 35.6 Å². The molecule has 2 fully saturated rings. The van der Waals surface area contributed by atoms with Crippen molar-refractivity contribution in [1.82, 2.24) is 45.0 Å². The quantitative estimate of drug-likeness (QED) is 0.136. The molecular weight excluding hydrogens is 701 g/mol. The van der Waals surface area contributed by atoms with Crippen LogP contribution < -0.4 is 11.1 Å². The number of H-pyrrole nitrogens is 2. The monoisotopic (exact) mass is 746 g/mol. The number of amides is 4. The van der Waals surface area contributed by atoms with Crippen molar-refractivity contribution in [3.05, 3.63) is 72.7 Å². The molecule has 5 heterocycles. The molecule has 0 bridgehead atoms. The zero-order chi connectivity index (χ0) is 38.8. The molecule has 0 aliphatic carbocycles. The number of nitrogens with zero attached hydrogens (tertiary/aromatic N) is 6. The van der Waals surface area contributed by atoms with Gasteiger partial charge in [-0.25, -0.2) is 19.7 Å². The van der Waals surface area contributed by atoms with E-state index in [1.807, 2.05) is 62.5 Å². The molecule has 3 aromatic heterocycles. The van der Waals surface area contributed by atoms with Gasteiger partial charge in [-0.1, -0.05) is 44.2 Å². The number of aromatic amines is 2. The van der Waals surface area contributed by atoms with E-state index >= 15 is 0 Å². The number of nitrogens with one attached hydrogen (secondary N) is 3. The number of imidazole rings is 2. The first-order valence-electron chi connectivity index (χ1n) is 18.8. The number of nitrogens with two attached hydrogens (primary N) is 1. The minimum atomic E-state index is -0.957. The number of benzene rings is 2. The van der Waals surface area contributed by atoms with Gasteiger partial charge in [-0.2, -0.15) is 0 Å². The maximum absolute atomic E-state index is 13.5. The van der Waals surface area contributed by atoms with Crippen LogP contribution in [0.4, 0.5) is 4.79 Å². The van der Waals surface area contributed by atoms with E-state index in [9.17, 15) is 19.2 Å². The summed E-state index contributed by atoms with van der Waals surface area (Å²) in [5, 5.41) is 2.69. The van der Waals surface area contributed by atoms with Gasteiger partial charge in [0.2, 0.25) is 11.8 Å². The third kappa shape index (κ3) is 7.77. The van der Waals surface area contributed by atoms with Gasteiger partial charge in [0.15, 0.2) is 6.10 Å². The Morgan fingerprint density at radius 3 is 2.18 bits per heavy atom. The van der Waals surface area contributed by atoms with Gasteiger partial charge >= 0.3 is 6.09 Å². The maximum Gasteiger partial charge on any atom is 0.405 e. The summed E-state index contributed by atoms with van der Waals surface area (Å²) < 4.78 is 5.26. The summed E-state index contributed by atoms with van der Waals surface area (Å²) in [5.74, 6) is 0.612. The van der Waals surface area contributed by atoms with Crippen LogP contribution in [0.5, 0.6) is 0 Å². The van der Waals surface area contributed by atoms with Gasteiger partial charge in [0.25, 0.3) is 5.91 Å². The van der Waals surface area contributed by atoms with Crippen molar-refractivity contribution < 1.29 is 23.9 Å². The third-order valence-corrected chi connectivity index (χ3v) is 10.7. The second-order valence-electron chi connectivity index (χ2n) is 14.4. The maximum atomic E-state index is 13.5. The molecule has 15 heteroatoms. The van der Waals surface area contributed by atoms with Gasteiger partial charge in [0, 0.05) is 48.8 Å². The Kier molecular flexibility index (Phi) is 10.6. The summed E-state index contributed by atoms with van der Waals surface area (Å²) in [4.78, 5) is 79.0. The molecule has 15 nitrogen and oxygen atoms in total. The second-order valence-corrected chi connectivity index (χ2v) is 14.4. The highest BCUT2D eigenvalue weighted by Crippen LogP contribution is 2.35. The third-order valence-electron chi connectivity index (χ3n) is 10.7. The Morgan fingerprint density at radius 1 is 0.855 bits per heavy atom. The number of ether oxygens (including phenoxy) is 1. The second kappa shape index (κ2) is 15.7. The molecule has 2 aliphatic heterocycles. The van der Waals surface area contributed by atoms with Crippen LogP contribution in [0.2, 0.25) is 0 Å². The van der Waals surface area contributed by atoms with Crippen LogP contribution in [-0.2, 0) is 19.1 Å². The summed E-state index contributed by atoms with van der Waals surface area (Å²) in [6.45, 7) is 8.09. The Bertz CT molecular complexity index is 2210. The van der Waals surface area contributed by atoms with Gasteiger partial charge in [0.05, 0.1) is 52.6 Å². The Hall–Kier alpha value is -6.12. The summed E-state index contributed by atoms with van der Waals surface area (Å²) in [5.41, 5.74) is 11.8. The number of primary amides is 1. The van der Waals surface area contributed by atoms with Crippen molar-refractivity contribution in [2.75, 3.05) is 13.1 Å². The van der Waals surface area contributed by atoms with E-state index in [-0.39, 0.29) is 35.7 Å². The number of fused-ring (bicyclic) bond motifs is 1. The smallest absolute Gasteiger partial charge is 0.405 e. The van der Waals surface area contributed by atoms with E-state index in [1.54, 1.807) is 29.1 Å². The highest BCUT2D eigenvalue weighted by molar-refractivity contribution is 5.87. The molecule has 1 unspecified atom stereocenters. The van der Waals surface area contributed by atoms with Crippen molar-refractivity contribution in [2.24, 2.45) is 11.7 Å². The topological polar surface area (TPSA) is 205 Å². The molecule has 2 aromatic carbocycles. The van der Waals surface area contributed by atoms with Gasteiger partial charge in [0.1, 0.15) is 17.7 Å². The Balaban J connectivity index is 1.03. The summed E-state index contributed by atoms with van der Waals surface area (Å²) in [6.07, 6.45) is 7.35. The number of carbonyl (C=O) groups is 4. The van der Waals surface area contributed by atoms with E-state index in [1.165, 1.54) is 6.92 Å². The zero-order valence-corrected chi connectivity index (χ0v) is 31.4. The van der Waals surface area contributed by atoms with Crippen LogP contribution in [-0.4, -0.2) is 88.8 Å². The van der Waals surface area contributed by atoms with E-state index in [0.717, 1.165) is 70.5 Å². The van der Waals surface area contributed by atoms with E-state index < -0.39 is 18.2 Å². The summed E-state index contributed by atoms with van der Waals surface area (Å²) in [7, 11) is 0. The molecule has 2 aliphatic rings. The van der Waals surface area contributed by atoms with Crippen LogP contribution in [0.15, 0.2) is 61.1 Å². The molecule has 4 amide bonds. The fourth-order valence-corrected chi connectivity index (χ4v) is 7.59. The Morgan fingerprint density at radius 2 is 1.51 bits per heavy atom. The molecule has 5 aromatic rings. The van der Waals surface area contributed by atoms with E-state index in [2.05, 4.69) is 20.3 Å². The first-order valence-corrected chi connectivity index (χ1v) is 18.8. The number of likely N-dealkylation sites (tertiary alicyclic amines) is 2. The number of aromatic nitrogens is 6. The lowest BCUT2D eigenvalue weighted by molar-refractivity contribution is -0.144. The van der Waals surface area contributed by atoms with Crippen LogP contribution in [0.3, 0.4) is 0 Å². The lowest BCUT2D eigenvalue weighted by Gasteiger charge is -2.29. The number of carbonyl (C=O) groups excluding carboxylic acids is 4. The molecular formula is C40H46N10O5. The lowest BCUT2D eigenvalue weighted by Crippen LogP contribution is -2.46. The Labute approximate surface area is 318 Å². The fraction of sp³-hybridized carbons (Fsp3) is 0.400. The largest absolute Gasteiger partial charge is 0.436 e. The highest BCUT2D eigenvalue weighted by atomic mass is 16.6. The SMILES string of the molecule is CCC(C)[C@H](OC(N)=O)C(=O)N1CCC[C@H]1c1nc(-c2ccc(-c3cnc4cc(-c5cnc([C@@H]6CCCN6C(=O)[C@@H](C)NC(C)=O)[nH]5)ccc4n3)cc2)c[nH]1. The molecule has 0 radical (unpaired) electrons. The van der Waals surface area contributed by atoms with Crippen LogP contribution in [0, 0.1) is 5.92 Å². The molecule has 0 saturated carbocycles. The van der Waals surface area contributed by atoms with Crippen molar-refractivity contribution in [2.45, 2.75) is 84.0 Å². The van der Waals surface area contributed by atoms with Crippen molar-refractivity contribution in [3.63, 3.8) is 0 Å². The minimum Gasteiger partial charge on any atom is -0.436 e. The van der Waals surface area contributed by atoms with Gasteiger partial charge in [-0.05, 0) is 51.2 Å². The molecule has 2 saturated heterocycles. The molecule has 5 N–H and O–H groups in total. The predicted molar refractivity (Wildman–Crippen MR) is 205 cm³/mol. The lowest BCUT2D eigenvalue weighted by atomic mass is 10.00. The zero-order valence-electron chi connectivity index (χ0n) is 31.4. The average Bonchev–Trinajstić information content (AvgIpc) is 4.02. The average molecular weight is 747 g/mol. The van der Waals surface area contributed by atoms with Gasteiger partial charge in [-0.15, -0.1) is 0 Å². The highest BCUT2D eigenvalue weighted by Gasteiger charge is 2.39. The standard InChI is InChI=1S/C40H46N10O5/c1-5-22(2)35(55-40(41)54)39(53)50-17-7-9-34(50)37-43-20-31(47-37)26-12-10-25(11-13-26)30-19-42-29-18-27(14-15-28(29)46-30)32-21-44-36(48-32)33-8-6-16-49(33)38(52)23(3)45-24(4)51/h10-15,18-23,33-35H,5-9,16-17H2,1-4H3,(H2,41,54)(H,43,47)(H,44,48)(H,45,51)/t22?,23-,33+,34+,35+/m1/s1. The normalized spacial score (nSPS) is 18.6. The van der Waals surface area contributed by atoms with Gasteiger partial charge in [-0.3, -0.25) is 19.4 Å². The minimum absolute atomic E-state index is 0.121. The van der Waals surface area contributed by atoms with Crippen LogP contribution in [0.1, 0.15) is 83.5 Å². The van der Waals surface area contributed by atoms with E-state index in [4.69, 9.17) is 25.4 Å². The molecule has 286 valence electrons. The summed E-state index contributed by atoms with van der Waals surface area (Å²) in [6, 6.07) is 12.8.